The molecule has 9 heteroatoms. The molecule has 138 valence electrons. The second kappa shape index (κ2) is 7.36. The molecule has 0 aliphatic heterocycles. The van der Waals surface area contributed by atoms with Gasteiger partial charge in [0.2, 0.25) is 12.4 Å². The van der Waals surface area contributed by atoms with Crippen molar-refractivity contribution in [1.82, 2.24) is 19.9 Å². The summed E-state index contributed by atoms with van der Waals surface area (Å²) in [6.45, 7) is 0.504. The molecular formula is C18H17FN6OS. The van der Waals surface area contributed by atoms with Crippen LogP contribution < -0.4 is 10.2 Å². The number of anilines is 3. The van der Waals surface area contributed by atoms with Crippen LogP contribution in [0.5, 0.6) is 0 Å². The maximum atomic E-state index is 14.2. The van der Waals surface area contributed by atoms with Gasteiger partial charge in [-0.2, -0.15) is 0 Å². The standard InChI is InChI=1S/C18H17FN6OS/c19-14-3-1-6-20-15(14)18(4-2-5-18)11-24-16-22-9-13(10-23-16)25(12-26)17-21-7-8-27-17/h1,3,6-10,12H,2,4-5,11H2,(H,22,23,24). The summed E-state index contributed by atoms with van der Waals surface area (Å²) in [6.07, 6.45) is 9.82. The maximum Gasteiger partial charge on any atom is 0.222 e. The second-order valence-corrected chi connectivity index (χ2v) is 7.25. The summed E-state index contributed by atoms with van der Waals surface area (Å²) < 4.78 is 14.2. The highest BCUT2D eigenvalue weighted by molar-refractivity contribution is 7.13. The van der Waals surface area contributed by atoms with E-state index in [0.29, 0.717) is 35.4 Å². The van der Waals surface area contributed by atoms with Gasteiger partial charge in [0.25, 0.3) is 0 Å². The van der Waals surface area contributed by atoms with Crippen LogP contribution >= 0.6 is 11.3 Å². The van der Waals surface area contributed by atoms with Crippen molar-refractivity contribution in [2.45, 2.75) is 24.7 Å². The molecule has 1 saturated carbocycles. The Morgan fingerprint density at radius 2 is 2.04 bits per heavy atom. The van der Waals surface area contributed by atoms with E-state index in [1.165, 1.54) is 22.3 Å². The predicted molar refractivity (Wildman–Crippen MR) is 101 cm³/mol. The van der Waals surface area contributed by atoms with Crippen LogP contribution in [0.15, 0.2) is 42.3 Å². The van der Waals surface area contributed by atoms with Crippen molar-refractivity contribution in [1.29, 1.82) is 0 Å². The number of aromatic nitrogens is 4. The summed E-state index contributed by atoms with van der Waals surface area (Å²) in [4.78, 5) is 29.7. The maximum absolute atomic E-state index is 14.2. The van der Waals surface area contributed by atoms with Crippen molar-refractivity contribution in [2.75, 3.05) is 16.8 Å². The molecule has 1 aliphatic rings. The summed E-state index contributed by atoms with van der Waals surface area (Å²) in [6, 6.07) is 3.04. The number of hydrogen-bond acceptors (Lipinski definition) is 7. The minimum Gasteiger partial charge on any atom is -0.353 e. The third-order valence-corrected chi connectivity index (χ3v) is 5.57. The quantitative estimate of drug-likeness (QED) is 0.629. The molecule has 0 bridgehead atoms. The van der Waals surface area contributed by atoms with Crippen LogP contribution in [0.3, 0.4) is 0 Å². The first kappa shape index (κ1) is 17.5. The number of pyridine rings is 1. The highest BCUT2D eigenvalue weighted by Gasteiger charge is 2.41. The van der Waals surface area contributed by atoms with Gasteiger partial charge in [-0.15, -0.1) is 11.3 Å². The van der Waals surface area contributed by atoms with Gasteiger partial charge in [-0.25, -0.2) is 19.3 Å². The van der Waals surface area contributed by atoms with E-state index >= 15 is 0 Å². The highest BCUT2D eigenvalue weighted by Crippen LogP contribution is 2.43. The summed E-state index contributed by atoms with van der Waals surface area (Å²) in [7, 11) is 0. The summed E-state index contributed by atoms with van der Waals surface area (Å²) >= 11 is 1.35. The van der Waals surface area contributed by atoms with E-state index in [9.17, 15) is 9.18 Å². The molecule has 1 N–H and O–H groups in total. The molecule has 3 heterocycles. The third kappa shape index (κ3) is 3.37. The Balaban J connectivity index is 1.47. The Morgan fingerprint density at radius 3 is 2.63 bits per heavy atom. The highest BCUT2D eigenvalue weighted by atomic mass is 32.1. The molecule has 3 aromatic rings. The molecule has 0 aromatic carbocycles. The van der Waals surface area contributed by atoms with Crippen LogP contribution in [0.2, 0.25) is 0 Å². The molecule has 1 aliphatic carbocycles. The molecule has 0 radical (unpaired) electrons. The van der Waals surface area contributed by atoms with Crippen molar-refractivity contribution in [3.05, 3.63) is 53.8 Å². The number of nitrogens with one attached hydrogen (secondary N) is 1. The monoisotopic (exact) mass is 384 g/mol. The van der Waals surface area contributed by atoms with Gasteiger partial charge in [-0.05, 0) is 25.0 Å². The number of hydrogen-bond donors (Lipinski definition) is 1. The van der Waals surface area contributed by atoms with Gasteiger partial charge in [0.05, 0.1) is 23.8 Å². The zero-order chi connectivity index (χ0) is 18.7. The normalized spacial score (nSPS) is 15.0. The lowest BCUT2D eigenvalue weighted by Gasteiger charge is -2.41. The first-order valence-corrected chi connectivity index (χ1v) is 9.41. The van der Waals surface area contributed by atoms with Gasteiger partial charge < -0.3 is 5.32 Å². The Morgan fingerprint density at radius 1 is 1.22 bits per heavy atom. The van der Waals surface area contributed by atoms with E-state index < -0.39 is 0 Å². The molecule has 0 saturated heterocycles. The molecule has 7 nitrogen and oxygen atoms in total. The Labute approximate surface area is 159 Å². The lowest BCUT2D eigenvalue weighted by atomic mass is 9.66. The molecule has 0 atom stereocenters. The fourth-order valence-electron chi connectivity index (χ4n) is 3.21. The number of nitrogens with zero attached hydrogens (tertiary/aromatic N) is 5. The largest absolute Gasteiger partial charge is 0.353 e. The Bertz CT molecular complexity index is 914. The summed E-state index contributed by atoms with van der Waals surface area (Å²) in [5, 5.41) is 5.52. The molecule has 27 heavy (non-hydrogen) atoms. The van der Waals surface area contributed by atoms with E-state index in [-0.39, 0.29) is 11.2 Å². The van der Waals surface area contributed by atoms with Crippen molar-refractivity contribution in [3.63, 3.8) is 0 Å². The SMILES string of the molecule is O=CN(c1cnc(NCC2(c3ncccc3F)CCC2)nc1)c1nccs1. The molecule has 0 unspecified atom stereocenters. The number of rotatable bonds is 7. The van der Waals surface area contributed by atoms with Gasteiger partial charge in [0.15, 0.2) is 5.13 Å². The fourth-order valence-corrected chi connectivity index (χ4v) is 3.84. The van der Waals surface area contributed by atoms with E-state index in [4.69, 9.17) is 0 Å². The molecule has 3 aromatic heterocycles. The predicted octanol–water partition coefficient (Wildman–Crippen LogP) is 3.30. The van der Waals surface area contributed by atoms with E-state index in [1.807, 2.05) is 0 Å². The Kier molecular flexibility index (Phi) is 4.76. The zero-order valence-electron chi connectivity index (χ0n) is 14.4. The van der Waals surface area contributed by atoms with Gasteiger partial charge in [0.1, 0.15) is 5.82 Å². The topological polar surface area (TPSA) is 83.9 Å². The third-order valence-electron chi connectivity index (χ3n) is 4.80. The smallest absolute Gasteiger partial charge is 0.222 e. The van der Waals surface area contributed by atoms with Crippen LogP contribution in [0.1, 0.15) is 25.0 Å². The Hall–Kier alpha value is -2.94. The van der Waals surface area contributed by atoms with Gasteiger partial charge in [0, 0.05) is 29.7 Å². The first-order valence-electron chi connectivity index (χ1n) is 8.53. The van der Waals surface area contributed by atoms with Crippen LogP contribution in [0, 0.1) is 5.82 Å². The fraction of sp³-hybridized carbons (Fsp3) is 0.278. The van der Waals surface area contributed by atoms with Crippen molar-refractivity contribution in [2.24, 2.45) is 0 Å². The number of thiazole rings is 1. The lowest BCUT2D eigenvalue weighted by molar-refractivity contribution is -0.106. The van der Waals surface area contributed by atoms with Crippen molar-refractivity contribution >= 4 is 34.5 Å². The minimum atomic E-state index is -0.330. The van der Waals surface area contributed by atoms with E-state index in [1.54, 1.807) is 36.2 Å². The van der Waals surface area contributed by atoms with E-state index in [2.05, 4.69) is 25.3 Å². The van der Waals surface area contributed by atoms with Crippen molar-refractivity contribution < 1.29 is 9.18 Å². The molecule has 1 fully saturated rings. The number of carbonyl (C=O) groups excluding carboxylic acids is 1. The number of amides is 1. The average molecular weight is 384 g/mol. The first-order chi connectivity index (χ1) is 13.2. The van der Waals surface area contributed by atoms with Gasteiger partial charge >= 0.3 is 0 Å². The van der Waals surface area contributed by atoms with Crippen molar-refractivity contribution in [3.8, 4) is 0 Å². The number of carbonyl (C=O) groups is 1. The summed E-state index contributed by atoms with van der Waals surface area (Å²) in [5.41, 5.74) is 0.694. The summed E-state index contributed by atoms with van der Waals surface area (Å²) in [5.74, 6) is 0.145. The minimum absolute atomic E-state index is 0.277. The van der Waals surface area contributed by atoms with Crippen LogP contribution in [-0.2, 0) is 10.2 Å². The van der Waals surface area contributed by atoms with Crippen LogP contribution in [0.4, 0.5) is 21.2 Å². The molecule has 1 amide bonds. The van der Waals surface area contributed by atoms with Crippen LogP contribution in [0.25, 0.3) is 0 Å². The lowest BCUT2D eigenvalue weighted by Crippen LogP contribution is -2.42. The zero-order valence-corrected chi connectivity index (χ0v) is 15.2. The molecule has 4 rings (SSSR count). The van der Waals surface area contributed by atoms with Gasteiger partial charge in [-0.1, -0.05) is 6.42 Å². The van der Waals surface area contributed by atoms with Gasteiger partial charge in [-0.3, -0.25) is 14.7 Å². The number of halogens is 1. The van der Waals surface area contributed by atoms with E-state index in [0.717, 1.165) is 19.3 Å². The molecule has 0 spiro atoms. The van der Waals surface area contributed by atoms with Crippen LogP contribution in [-0.4, -0.2) is 32.9 Å². The second-order valence-electron chi connectivity index (χ2n) is 6.38. The average Bonchev–Trinajstić information content (AvgIpc) is 3.18. The molecular weight excluding hydrogens is 367 g/mol.